The van der Waals surface area contributed by atoms with E-state index in [0.29, 0.717) is 17.8 Å². The Kier molecular flexibility index (Phi) is 8.23. The average molecular weight is 649 g/mol. The fourth-order valence-electron chi connectivity index (χ4n) is 7.46. The van der Waals surface area contributed by atoms with E-state index in [4.69, 9.17) is 19.5 Å². The molecule has 248 valence electrons. The Bertz CT molecular complexity index is 1940. The summed E-state index contributed by atoms with van der Waals surface area (Å²) in [6.07, 6.45) is 13.7. The van der Waals surface area contributed by atoms with E-state index in [9.17, 15) is 19.5 Å². The molecule has 0 aromatic heterocycles. The minimum absolute atomic E-state index is 0.0116. The molecule has 0 spiro atoms. The lowest BCUT2D eigenvalue weighted by Gasteiger charge is -2.36. The SMILES string of the molecule is C=CC1=C(C)C2=NC/1=C\C1NC(=C(CCC(=O)O)C1C)/C=C1N=C(/C=C3\N/C(=C\2)C2=CC=C(C(=O)OC)[C@@H](C(=O)OC)[C@]23C)C(C)=C\1C. The normalized spacial score (nSPS) is 31.7. The molecule has 5 aliphatic heterocycles. The summed E-state index contributed by atoms with van der Waals surface area (Å²) in [6, 6.07) is -0.138. The van der Waals surface area contributed by atoms with Gasteiger partial charge in [-0.1, -0.05) is 31.7 Å². The van der Waals surface area contributed by atoms with Crippen molar-refractivity contribution in [3.05, 3.63) is 117 Å². The smallest absolute Gasteiger partial charge is 0.334 e. The third kappa shape index (κ3) is 5.06. The zero-order valence-electron chi connectivity index (χ0n) is 28.3. The summed E-state index contributed by atoms with van der Waals surface area (Å²) >= 11 is 0. The molecule has 0 aromatic carbocycles. The minimum Gasteiger partial charge on any atom is -0.481 e. The Labute approximate surface area is 280 Å². The van der Waals surface area contributed by atoms with Crippen molar-refractivity contribution in [2.24, 2.45) is 27.2 Å². The minimum atomic E-state index is -1.05. The molecule has 6 rings (SSSR count). The van der Waals surface area contributed by atoms with Crippen LogP contribution in [0.1, 0.15) is 47.5 Å². The van der Waals surface area contributed by atoms with Crippen molar-refractivity contribution in [3.8, 4) is 0 Å². The van der Waals surface area contributed by atoms with Crippen LogP contribution in [-0.4, -0.2) is 54.7 Å². The first-order valence-corrected chi connectivity index (χ1v) is 16.0. The zero-order valence-corrected chi connectivity index (χ0v) is 28.3. The van der Waals surface area contributed by atoms with Crippen molar-refractivity contribution in [1.82, 2.24) is 10.6 Å². The van der Waals surface area contributed by atoms with E-state index < -0.39 is 29.2 Å². The van der Waals surface area contributed by atoms with Crippen molar-refractivity contribution < 1.29 is 29.0 Å². The summed E-state index contributed by atoms with van der Waals surface area (Å²) in [6.45, 7) is 14.1. The van der Waals surface area contributed by atoms with Gasteiger partial charge in [-0.05, 0) is 86.3 Å². The van der Waals surface area contributed by atoms with Crippen molar-refractivity contribution in [1.29, 1.82) is 0 Å². The standard InChI is InChI=1S/C38H40N4O6/c1-9-22-20(4)28-16-32-25-12-10-24(36(45)47-7)35(37(46)48-8)38(25,6)33(42-32)17-29-19(3)18(2)26(39-29)14-31-23(11-13-34(43)44)21(5)27(41-31)15-30(22)40-28/h9-10,12,14-17,21,27,35,41-42H,1,11,13H2,2-8H3,(H,43,44)/b26-14-,30-15-,32-16-,33-17-/t21?,27?,35-,38+/m0/s1. The molecule has 4 atom stereocenters. The van der Waals surface area contributed by atoms with E-state index in [1.165, 1.54) is 14.2 Å². The molecule has 1 saturated heterocycles. The highest BCUT2D eigenvalue weighted by atomic mass is 16.5. The molecule has 5 heterocycles. The van der Waals surface area contributed by atoms with Gasteiger partial charge in [-0.2, -0.15) is 0 Å². The highest BCUT2D eigenvalue weighted by Gasteiger charge is 2.55. The molecule has 10 heteroatoms. The van der Waals surface area contributed by atoms with Crippen LogP contribution in [0, 0.1) is 17.3 Å². The predicted molar refractivity (Wildman–Crippen MR) is 183 cm³/mol. The molecular weight excluding hydrogens is 608 g/mol. The lowest BCUT2D eigenvalue weighted by atomic mass is 9.64. The number of carbonyl (C=O) groups excluding carboxylic acids is 2. The van der Waals surface area contributed by atoms with Crippen LogP contribution in [0.4, 0.5) is 0 Å². The number of ether oxygens (including phenoxy) is 2. The number of hydrogen-bond donors (Lipinski definition) is 3. The molecule has 48 heavy (non-hydrogen) atoms. The molecule has 10 nitrogen and oxygen atoms in total. The Balaban J connectivity index is 1.63. The van der Waals surface area contributed by atoms with E-state index in [-0.39, 0.29) is 24.0 Å². The Morgan fingerprint density at radius 3 is 2.38 bits per heavy atom. The second-order valence-electron chi connectivity index (χ2n) is 13.0. The predicted octanol–water partition coefficient (Wildman–Crippen LogP) is 5.45. The first-order chi connectivity index (χ1) is 22.8. The second-order valence-corrected chi connectivity index (χ2v) is 13.0. The Hall–Kier alpha value is -5.25. The first-order valence-electron chi connectivity index (χ1n) is 16.0. The van der Waals surface area contributed by atoms with E-state index >= 15 is 0 Å². The summed E-state index contributed by atoms with van der Waals surface area (Å²) in [5.74, 6) is -3.02. The quantitative estimate of drug-likeness (QED) is 0.324. The van der Waals surface area contributed by atoms with Crippen molar-refractivity contribution >= 4 is 29.3 Å². The van der Waals surface area contributed by atoms with Crippen LogP contribution < -0.4 is 10.6 Å². The fraction of sp³-hybridized carbons (Fsp3) is 0.342. The number of esters is 2. The van der Waals surface area contributed by atoms with Crippen LogP contribution in [0.15, 0.2) is 127 Å². The number of rotatable bonds is 6. The fourth-order valence-corrected chi connectivity index (χ4v) is 7.46. The first kappa shape index (κ1) is 32.7. The summed E-state index contributed by atoms with van der Waals surface area (Å²) in [5, 5.41) is 16.7. The Morgan fingerprint density at radius 2 is 1.71 bits per heavy atom. The summed E-state index contributed by atoms with van der Waals surface area (Å²) < 4.78 is 10.4. The van der Waals surface area contributed by atoms with Gasteiger partial charge in [0.15, 0.2) is 0 Å². The molecule has 0 radical (unpaired) electrons. The highest BCUT2D eigenvalue weighted by Crippen LogP contribution is 2.55. The molecule has 0 amide bonds. The van der Waals surface area contributed by atoms with Gasteiger partial charge < -0.3 is 25.2 Å². The van der Waals surface area contributed by atoms with E-state index in [1.807, 2.05) is 52.0 Å². The molecular formula is C38H40N4O6. The number of carboxylic acids is 1. The number of aliphatic imine (C=N–C) groups is 2. The van der Waals surface area contributed by atoms with Crippen molar-refractivity contribution in [2.45, 2.75) is 53.5 Å². The number of nitrogens with zero attached hydrogens (tertiary/aromatic N) is 2. The van der Waals surface area contributed by atoms with E-state index in [0.717, 1.165) is 61.9 Å². The molecule has 1 aliphatic carbocycles. The number of aliphatic carboxylic acids is 1. The molecule has 6 aliphatic rings. The number of methoxy groups -OCH3 is 2. The third-order valence-corrected chi connectivity index (χ3v) is 10.5. The third-order valence-electron chi connectivity index (χ3n) is 10.5. The van der Waals surface area contributed by atoms with Crippen LogP contribution in [0.5, 0.6) is 0 Å². The van der Waals surface area contributed by atoms with E-state index in [1.54, 1.807) is 12.2 Å². The van der Waals surface area contributed by atoms with Crippen LogP contribution in [0.25, 0.3) is 0 Å². The largest absolute Gasteiger partial charge is 0.481 e. The van der Waals surface area contributed by atoms with Gasteiger partial charge in [0, 0.05) is 35.0 Å². The molecule has 0 saturated carbocycles. The number of carbonyl (C=O) groups is 3. The van der Waals surface area contributed by atoms with Gasteiger partial charge in [-0.3, -0.25) is 9.59 Å². The number of allylic oxidation sites excluding steroid dienone is 11. The van der Waals surface area contributed by atoms with Gasteiger partial charge in [0.1, 0.15) is 5.92 Å². The molecule has 0 aromatic rings. The van der Waals surface area contributed by atoms with Crippen LogP contribution in [0.2, 0.25) is 0 Å². The lowest BCUT2D eigenvalue weighted by molar-refractivity contribution is -0.150. The van der Waals surface area contributed by atoms with Gasteiger partial charge in [0.05, 0.1) is 54.1 Å². The zero-order chi connectivity index (χ0) is 34.7. The van der Waals surface area contributed by atoms with Gasteiger partial charge in [-0.25, -0.2) is 14.8 Å². The summed E-state index contributed by atoms with van der Waals surface area (Å²) in [5.41, 5.74) is 9.91. The molecule has 2 unspecified atom stereocenters. The molecule has 8 bridgehead atoms. The maximum Gasteiger partial charge on any atom is 0.334 e. The number of nitrogens with one attached hydrogen (secondary N) is 2. The topological polar surface area (TPSA) is 139 Å². The summed E-state index contributed by atoms with van der Waals surface area (Å²) in [7, 11) is 2.60. The maximum atomic E-state index is 13.6. The number of hydrogen-bond acceptors (Lipinski definition) is 9. The Morgan fingerprint density at radius 1 is 1.00 bits per heavy atom. The molecule has 1 fully saturated rings. The van der Waals surface area contributed by atoms with Crippen LogP contribution >= 0.6 is 0 Å². The van der Waals surface area contributed by atoms with Gasteiger partial charge in [0.25, 0.3) is 0 Å². The monoisotopic (exact) mass is 648 g/mol. The van der Waals surface area contributed by atoms with Crippen LogP contribution in [0.3, 0.4) is 0 Å². The number of carboxylic acid groups (broad SMARTS) is 1. The lowest BCUT2D eigenvalue weighted by Crippen LogP contribution is -2.41. The summed E-state index contributed by atoms with van der Waals surface area (Å²) in [4.78, 5) is 48.3. The molecule has 3 N–H and O–H groups in total. The van der Waals surface area contributed by atoms with E-state index in [2.05, 4.69) is 30.2 Å². The highest BCUT2D eigenvalue weighted by molar-refractivity contribution is 6.14. The van der Waals surface area contributed by atoms with Crippen LogP contribution in [-0.2, 0) is 23.9 Å². The average Bonchev–Trinajstić information content (AvgIpc) is 3.70. The van der Waals surface area contributed by atoms with Gasteiger partial charge in [-0.15, -0.1) is 0 Å². The maximum absolute atomic E-state index is 13.6. The van der Waals surface area contributed by atoms with Crippen molar-refractivity contribution in [2.75, 3.05) is 14.2 Å². The number of fused-ring (bicyclic) bond motifs is 9. The van der Waals surface area contributed by atoms with Gasteiger partial charge in [0.2, 0.25) is 0 Å². The van der Waals surface area contributed by atoms with Gasteiger partial charge >= 0.3 is 17.9 Å². The second kappa shape index (κ2) is 12.1. The van der Waals surface area contributed by atoms with Crippen molar-refractivity contribution in [3.63, 3.8) is 0 Å².